The lowest BCUT2D eigenvalue weighted by atomic mass is 10.2. The molecule has 4 rings (SSSR count). The Morgan fingerprint density at radius 3 is 2.74 bits per heavy atom. The number of ether oxygens (including phenoxy) is 2. The van der Waals surface area contributed by atoms with Crippen LogP contribution in [0.4, 0.5) is 0 Å². The van der Waals surface area contributed by atoms with Gasteiger partial charge in [0, 0.05) is 17.8 Å². The predicted molar refractivity (Wildman–Crippen MR) is 121 cm³/mol. The lowest BCUT2D eigenvalue weighted by Gasteiger charge is -2.15. The number of methoxy groups -OCH3 is 1. The third-order valence-corrected chi connectivity index (χ3v) is 6.31. The largest absolute Gasteiger partial charge is 0.497 e. The molecule has 0 spiro atoms. The standard InChI is InChI=1S/C23H26N4O3S/c1-3-30-18-12-10-17(11-13-18)27-21(16-7-6-8-19(15-16)29-2)25-26-23(27)31-20-9-4-5-14-24-22(20)28/h6-8,10-13,15,20H,3-5,9,14H2,1-2H3,(H,24,28). The van der Waals surface area contributed by atoms with E-state index in [1.54, 1.807) is 7.11 Å². The molecular weight excluding hydrogens is 412 g/mol. The Kier molecular flexibility index (Phi) is 6.76. The highest BCUT2D eigenvalue weighted by molar-refractivity contribution is 8.00. The van der Waals surface area contributed by atoms with Gasteiger partial charge in [-0.2, -0.15) is 0 Å². The van der Waals surface area contributed by atoms with Crippen molar-refractivity contribution in [2.75, 3.05) is 20.3 Å². The number of nitrogens with zero attached hydrogens (tertiary/aromatic N) is 3. The Hall–Kier alpha value is -3.00. The Balaban J connectivity index is 1.75. The van der Waals surface area contributed by atoms with E-state index in [9.17, 15) is 4.79 Å². The van der Waals surface area contributed by atoms with Gasteiger partial charge < -0.3 is 14.8 Å². The number of benzene rings is 2. The van der Waals surface area contributed by atoms with Crippen LogP contribution < -0.4 is 14.8 Å². The number of carbonyl (C=O) groups excluding carboxylic acids is 1. The fourth-order valence-electron chi connectivity index (χ4n) is 3.54. The monoisotopic (exact) mass is 438 g/mol. The summed E-state index contributed by atoms with van der Waals surface area (Å²) in [5.74, 6) is 2.31. The second-order valence-electron chi connectivity index (χ2n) is 7.19. The number of carbonyl (C=O) groups is 1. The summed E-state index contributed by atoms with van der Waals surface area (Å²) in [4.78, 5) is 12.5. The first-order valence-corrected chi connectivity index (χ1v) is 11.3. The van der Waals surface area contributed by atoms with Crippen LogP contribution in [0.15, 0.2) is 53.7 Å². The number of thioether (sulfide) groups is 1. The molecule has 162 valence electrons. The smallest absolute Gasteiger partial charge is 0.233 e. The van der Waals surface area contributed by atoms with Crippen molar-refractivity contribution in [2.45, 2.75) is 36.6 Å². The summed E-state index contributed by atoms with van der Waals surface area (Å²) in [6.45, 7) is 3.30. The summed E-state index contributed by atoms with van der Waals surface area (Å²) in [6, 6.07) is 15.6. The zero-order valence-electron chi connectivity index (χ0n) is 17.7. The van der Waals surface area contributed by atoms with Crippen molar-refractivity contribution < 1.29 is 14.3 Å². The molecule has 2 aromatic carbocycles. The van der Waals surface area contributed by atoms with Gasteiger partial charge in [0.1, 0.15) is 11.5 Å². The quantitative estimate of drug-likeness (QED) is 0.598. The number of hydrogen-bond donors (Lipinski definition) is 1. The van der Waals surface area contributed by atoms with Gasteiger partial charge in [-0.3, -0.25) is 9.36 Å². The highest BCUT2D eigenvalue weighted by Gasteiger charge is 2.26. The van der Waals surface area contributed by atoms with E-state index in [-0.39, 0.29) is 11.2 Å². The number of hydrogen-bond acceptors (Lipinski definition) is 6. The molecule has 0 bridgehead atoms. The molecule has 2 heterocycles. The first-order valence-electron chi connectivity index (χ1n) is 10.5. The van der Waals surface area contributed by atoms with Crippen molar-refractivity contribution in [3.63, 3.8) is 0 Å². The van der Waals surface area contributed by atoms with E-state index in [4.69, 9.17) is 9.47 Å². The summed E-state index contributed by atoms with van der Waals surface area (Å²) in [5.41, 5.74) is 1.79. The van der Waals surface area contributed by atoms with E-state index in [0.29, 0.717) is 17.6 Å². The zero-order chi connectivity index (χ0) is 21.6. The van der Waals surface area contributed by atoms with Crippen molar-refractivity contribution in [2.24, 2.45) is 0 Å². The van der Waals surface area contributed by atoms with Crippen molar-refractivity contribution in [1.82, 2.24) is 20.1 Å². The minimum Gasteiger partial charge on any atom is -0.497 e. The first-order chi connectivity index (χ1) is 15.2. The SMILES string of the molecule is CCOc1ccc(-n2c(SC3CCCCNC3=O)nnc2-c2cccc(OC)c2)cc1. The number of rotatable bonds is 7. The van der Waals surface area contributed by atoms with Gasteiger partial charge in [0.25, 0.3) is 0 Å². The Morgan fingerprint density at radius 1 is 1.13 bits per heavy atom. The van der Waals surface area contributed by atoms with Gasteiger partial charge in [-0.25, -0.2) is 0 Å². The van der Waals surface area contributed by atoms with Crippen LogP contribution in [0.5, 0.6) is 11.5 Å². The minimum absolute atomic E-state index is 0.0617. The Morgan fingerprint density at radius 2 is 1.97 bits per heavy atom. The third kappa shape index (κ3) is 4.85. The van der Waals surface area contributed by atoms with Crippen LogP contribution in [0.2, 0.25) is 0 Å². The molecule has 1 N–H and O–H groups in total. The van der Waals surface area contributed by atoms with Gasteiger partial charge in [0.2, 0.25) is 5.91 Å². The van der Waals surface area contributed by atoms with Crippen LogP contribution >= 0.6 is 11.8 Å². The summed E-state index contributed by atoms with van der Waals surface area (Å²) in [6.07, 6.45) is 2.83. The molecule has 0 saturated carbocycles. The molecule has 7 nitrogen and oxygen atoms in total. The molecule has 1 fully saturated rings. The van der Waals surface area contributed by atoms with E-state index < -0.39 is 0 Å². The average Bonchev–Trinajstić information content (AvgIpc) is 3.11. The van der Waals surface area contributed by atoms with E-state index in [1.165, 1.54) is 11.8 Å². The van der Waals surface area contributed by atoms with E-state index in [1.807, 2.05) is 60.0 Å². The topological polar surface area (TPSA) is 78.3 Å². The van der Waals surface area contributed by atoms with Crippen LogP contribution in [-0.2, 0) is 4.79 Å². The van der Waals surface area contributed by atoms with Gasteiger partial charge >= 0.3 is 0 Å². The van der Waals surface area contributed by atoms with Crippen LogP contribution in [-0.4, -0.2) is 46.2 Å². The molecule has 1 amide bonds. The number of aromatic nitrogens is 3. The fourth-order valence-corrected chi connectivity index (χ4v) is 4.65. The summed E-state index contributed by atoms with van der Waals surface area (Å²) >= 11 is 1.46. The van der Waals surface area contributed by atoms with Gasteiger partial charge in [-0.15, -0.1) is 10.2 Å². The van der Waals surface area contributed by atoms with Crippen molar-refractivity contribution in [3.05, 3.63) is 48.5 Å². The molecule has 1 unspecified atom stereocenters. The molecule has 0 radical (unpaired) electrons. The highest BCUT2D eigenvalue weighted by Crippen LogP contribution is 2.33. The van der Waals surface area contributed by atoms with Crippen LogP contribution in [0.1, 0.15) is 26.2 Å². The normalized spacial score (nSPS) is 16.5. The third-order valence-electron chi connectivity index (χ3n) is 5.10. The van der Waals surface area contributed by atoms with Crippen molar-refractivity contribution in [1.29, 1.82) is 0 Å². The summed E-state index contributed by atoms with van der Waals surface area (Å²) in [5, 5.41) is 12.4. The van der Waals surface area contributed by atoms with Gasteiger partial charge in [-0.1, -0.05) is 30.3 Å². The van der Waals surface area contributed by atoms with Crippen LogP contribution in [0.3, 0.4) is 0 Å². The van der Waals surface area contributed by atoms with E-state index in [0.717, 1.165) is 48.6 Å². The maximum absolute atomic E-state index is 12.5. The predicted octanol–water partition coefficient (Wildman–Crippen LogP) is 4.10. The molecule has 0 aliphatic carbocycles. The first kappa shape index (κ1) is 21.2. The molecular formula is C23H26N4O3S. The van der Waals surface area contributed by atoms with E-state index in [2.05, 4.69) is 15.5 Å². The van der Waals surface area contributed by atoms with Gasteiger partial charge in [-0.05, 0) is 56.2 Å². The molecule has 1 aromatic heterocycles. The lowest BCUT2D eigenvalue weighted by molar-refractivity contribution is -0.120. The van der Waals surface area contributed by atoms with Crippen molar-refractivity contribution in [3.8, 4) is 28.6 Å². The molecule has 1 aliphatic rings. The second-order valence-corrected chi connectivity index (χ2v) is 8.36. The summed E-state index contributed by atoms with van der Waals surface area (Å²) in [7, 11) is 1.64. The lowest BCUT2D eigenvalue weighted by Crippen LogP contribution is -2.30. The molecule has 31 heavy (non-hydrogen) atoms. The van der Waals surface area contributed by atoms with E-state index >= 15 is 0 Å². The van der Waals surface area contributed by atoms with Gasteiger partial charge in [0.05, 0.1) is 19.0 Å². The minimum atomic E-state index is -0.189. The van der Waals surface area contributed by atoms with Crippen LogP contribution in [0.25, 0.3) is 17.1 Å². The zero-order valence-corrected chi connectivity index (χ0v) is 18.5. The Labute approximate surface area is 186 Å². The van der Waals surface area contributed by atoms with Crippen LogP contribution in [0, 0.1) is 0 Å². The second kappa shape index (κ2) is 9.87. The maximum Gasteiger partial charge on any atom is 0.233 e. The molecule has 3 aromatic rings. The molecule has 1 atom stereocenters. The maximum atomic E-state index is 12.5. The highest BCUT2D eigenvalue weighted by atomic mass is 32.2. The molecule has 1 aliphatic heterocycles. The summed E-state index contributed by atoms with van der Waals surface area (Å²) < 4.78 is 13.0. The van der Waals surface area contributed by atoms with Gasteiger partial charge in [0.15, 0.2) is 11.0 Å². The average molecular weight is 439 g/mol. The Bertz CT molecular complexity index is 1040. The number of amides is 1. The number of nitrogens with one attached hydrogen (secondary N) is 1. The molecule has 1 saturated heterocycles. The molecule has 8 heteroatoms. The fraction of sp³-hybridized carbons (Fsp3) is 0.348. The van der Waals surface area contributed by atoms with Crippen molar-refractivity contribution >= 4 is 17.7 Å².